The van der Waals surface area contributed by atoms with Gasteiger partial charge in [-0.2, -0.15) is 0 Å². The van der Waals surface area contributed by atoms with Crippen LogP contribution in [0.5, 0.6) is 0 Å². The molecule has 0 bridgehead atoms. The Balaban J connectivity index is -0.00000000500. The number of nitriles is 1. The molecule has 0 aromatic heterocycles. The summed E-state index contributed by atoms with van der Waals surface area (Å²) in [6.07, 6.45) is 0. The number of nitrogens with zero attached hydrogens (tertiary/aromatic N) is 1. The van der Waals surface area contributed by atoms with Crippen LogP contribution in [0.4, 0.5) is 4.70 Å². The molecule has 1 nitrogen and oxygen atoms in total. The molecule has 0 saturated heterocycles. The molecule has 4 heavy (non-hydrogen) atoms. The SMILES string of the molecule is C#N.F.[B]. The van der Waals surface area contributed by atoms with Crippen LogP contribution in [0, 0.1) is 11.8 Å². The molecule has 0 atom stereocenters. The molecule has 0 aliphatic carbocycles. The minimum Gasteiger partial charge on any atom is -0.269 e. The zero-order chi connectivity index (χ0) is 2.00. The largest absolute Gasteiger partial charge is 0.269 e. The topological polar surface area (TPSA) is 23.8 Å². The predicted octanol–water partition coefficient (Wildman–Crippen LogP) is -0.0885. The van der Waals surface area contributed by atoms with E-state index in [1.165, 1.54) is 0 Å². The number of hydrogen-bond acceptors (Lipinski definition) is 1. The first-order valence-corrected chi connectivity index (χ1v) is 0.258. The van der Waals surface area contributed by atoms with Crippen LogP contribution in [0.1, 0.15) is 0 Å². The van der Waals surface area contributed by atoms with Gasteiger partial charge in [-0.25, -0.2) is 5.26 Å². The van der Waals surface area contributed by atoms with Crippen molar-refractivity contribution in [2.24, 2.45) is 0 Å². The lowest BCUT2D eigenvalue weighted by atomic mass is 10.8. The number of halogens is 1. The molecular weight excluding hydrogens is 55.8 g/mol. The number of rotatable bonds is 0. The minimum absolute atomic E-state index is 0. The van der Waals surface area contributed by atoms with Gasteiger partial charge in [-0.3, -0.25) is 4.70 Å². The van der Waals surface area contributed by atoms with Crippen molar-refractivity contribution in [3.05, 3.63) is 0 Å². The maximum absolute atomic E-state index is 6.50. The molecule has 21 valence electrons. The molecule has 0 spiro atoms. The van der Waals surface area contributed by atoms with E-state index in [2.05, 4.69) is 6.57 Å². The van der Waals surface area contributed by atoms with E-state index in [0.29, 0.717) is 0 Å². The fourth-order valence-corrected chi connectivity index (χ4v) is 0. The maximum atomic E-state index is 6.50. The third-order valence-electron chi connectivity index (χ3n) is 0. The Bertz CT molecular complexity index is 12.8. The van der Waals surface area contributed by atoms with E-state index in [0.717, 1.165) is 0 Å². The van der Waals surface area contributed by atoms with Crippen LogP contribution in [0.25, 0.3) is 0 Å². The first kappa shape index (κ1) is 91.5. The molecule has 0 N–H and O–H groups in total. The molecule has 0 aromatic carbocycles. The second kappa shape index (κ2) is 20.7. The van der Waals surface area contributed by atoms with Crippen LogP contribution < -0.4 is 0 Å². The van der Waals surface area contributed by atoms with Crippen molar-refractivity contribution >= 4 is 8.41 Å². The smallest absolute Gasteiger partial charge is 0.0462 e. The van der Waals surface area contributed by atoms with Gasteiger partial charge in [-0.1, -0.05) is 0 Å². The van der Waals surface area contributed by atoms with Crippen LogP contribution in [0.15, 0.2) is 0 Å². The van der Waals surface area contributed by atoms with Crippen molar-refractivity contribution in [2.45, 2.75) is 0 Å². The van der Waals surface area contributed by atoms with E-state index in [4.69, 9.17) is 5.26 Å². The van der Waals surface area contributed by atoms with E-state index < -0.39 is 0 Å². The highest BCUT2D eigenvalue weighted by Gasteiger charge is 0.513. The Hall–Kier alpha value is -0.515. The van der Waals surface area contributed by atoms with Crippen LogP contribution in [-0.4, -0.2) is 8.41 Å². The van der Waals surface area contributed by atoms with Crippen molar-refractivity contribution in [1.29, 1.82) is 5.26 Å². The monoisotopic (exact) mass is 58.0 g/mol. The van der Waals surface area contributed by atoms with E-state index in [9.17, 15) is 0 Å². The summed E-state index contributed by atoms with van der Waals surface area (Å²) in [7, 11) is 0. The molecule has 0 unspecified atom stereocenters. The van der Waals surface area contributed by atoms with Crippen LogP contribution in [0.2, 0.25) is 0 Å². The quantitative estimate of drug-likeness (QED) is 0.357. The van der Waals surface area contributed by atoms with Crippen LogP contribution >= 0.6 is 0 Å². The zero-order valence-electron chi connectivity index (χ0n) is 2.01. The van der Waals surface area contributed by atoms with Crippen molar-refractivity contribution in [3.8, 4) is 6.57 Å². The third-order valence-corrected chi connectivity index (χ3v) is 0. The minimum atomic E-state index is 0. The highest BCUT2D eigenvalue weighted by Crippen LogP contribution is 0.586. The van der Waals surface area contributed by atoms with Gasteiger partial charge in [0.2, 0.25) is 0 Å². The molecule has 0 aliphatic rings. The molecule has 0 fully saturated rings. The lowest BCUT2D eigenvalue weighted by molar-refractivity contribution is 1.11. The molecule has 0 aromatic rings. The Morgan fingerprint density at radius 2 is 1.25 bits per heavy atom. The van der Waals surface area contributed by atoms with E-state index in [1.54, 1.807) is 0 Å². The van der Waals surface area contributed by atoms with Crippen LogP contribution in [0.3, 0.4) is 0 Å². The van der Waals surface area contributed by atoms with Crippen molar-refractivity contribution < 1.29 is 4.70 Å². The van der Waals surface area contributed by atoms with Gasteiger partial charge in [0.1, 0.15) is 0 Å². The average molecular weight is 57.8 g/mol. The third kappa shape index (κ3) is 1.32. The zero-order valence-corrected chi connectivity index (χ0v) is 2.01. The molecule has 0 rings (SSSR count). The number of hydrogen-bond donors (Lipinski definition) is 0. The van der Waals surface area contributed by atoms with E-state index >= 15 is 0 Å². The van der Waals surface area contributed by atoms with Gasteiger partial charge in [0.15, 0.2) is 0 Å². The first-order valence-electron chi connectivity index (χ1n) is 0.258. The maximum Gasteiger partial charge on any atom is 0.0462 e. The van der Waals surface area contributed by atoms with Gasteiger partial charge < -0.3 is 0 Å². The first-order chi connectivity index (χ1) is 1.00. The highest BCUT2D eigenvalue weighted by atomic mass is 19.0. The fraction of sp³-hybridized carbons (Fsp3) is 0. The van der Waals surface area contributed by atoms with Gasteiger partial charge in [0, 0.05) is 15.0 Å². The lowest BCUT2D eigenvalue weighted by Gasteiger charge is -0.668. The summed E-state index contributed by atoms with van der Waals surface area (Å²) in [5, 5.41) is 6.50. The van der Waals surface area contributed by atoms with Crippen LogP contribution in [-0.2, 0) is 0 Å². The Morgan fingerprint density at radius 1 is 1.25 bits per heavy atom. The van der Waals surface area contributed by atoms with Gasteiger partial charge in [-0.15, -0.1) is 0 Å². The summed E-state index contributed by atoms with van der Waals surface area (Å²) < 4.78 is 0. The van der Waals surface area contributed by atoms with Crippen molar-refractivity contribution in [2.75, 3.05) is 0 Å². The molecule has 0 amide bonds. The normalized spacial score (nSPS) is 0.500. The van der Waals surface area contributed by atoms with E-state index in [-0.39, 0.29) is 13.1 Å². The Morgan fingerprint density at radius 3 is 1.25 bits per heavy atom. The highest BCUT2D eigenvalue weighted by molar-refractivity contribution is 5.75. The average Bonchev–Trinajstić information content (AvgIpc) is 1.00. The van der Waals surface area contributed by atoms with Gasteiger partial charge in [0.25, 0.3) is 0 Å². The second-order valence-corrected chi connectivity index (χ2v) is 0. The molecule has 3 radical (unpaired) electrons. The van der Waals surface area contributed by atoms with Crippen molar-refractivity contribution in [1.82, 2.24) is 0 Å². The van der Waals surface area contributed by atoms with Crippen molar-refractivity contribution in [3.63, 3.8) is 0 Å². The molecule has 0 saturated carbocycles. The summed E-state index contributed by atoms with van der Waals surface area (Å²) >= 11 is 0. The summed E-state index contributed by atoms with van der Waals surface area (Å²) in [5.74, 6) is 0. The lowest BCUT2D eigenvalue weighted by Crippen LogP contribution is -0.569. The summed E-state index contributed by atoms with van der Waals surface area (Å²) in [6, 6.07) is 0. The summed E-state index contributed by atoms with van der Waals surface area (Å²) in [4.78, 5) is 0. The fourth-order valence-electron chi connectivity index (χ4n) is 0. The van der Waals surface area contributed by atoms with Gasteiger partial charge in [-0.05, 0) is 0 Å². The standard InChI is InChI=1S/CHN.B.FH/c1-2;;/h1H;;1H. The van der Waals surface area contributed by atoms with E-state index in [1.807, 2.05) is 0 Å². The molecule has 0 aliphatic heterocycles. The second-order valence-electron chi connectivity index (χ2n) is 0. The molecular formula is CH2BFN. The Labute approximate surface area is 26.2 Å². The Kier molecular flexibility index (Phi) is 473. The van der Waals surface area contributed by atoms with Gasteiger partial charge >= 0.3 is 0 Å². The molecule has 0 heterocycles. The van der Waals surface area contributed by atoms with Gasteiger partial charge in [0.05, 0.1) is 0 Å². The predicted molar refractivity (Wildman–Crippen MR) is 14.9 cm³/mol. The summed E-state index contributed by atoms with van der Waals surface area (Å²) in [6.45, 7) is 3.50. The molecule has 3 heteroatoms. The summed E-state index contributed by atoms with van der Waals surface area (Å²) in [5.41, 5.74) is 0.